The summed E-state index contributed by atoms with van der Waals surface area (Å²) in [5, 5.41) is 0. The molecule has 2 aromatic heterocycles. The average molecular weight is 515 g/mol. The van der Waals surface area contributed by atoms with Gasteiger partial charge in [0.25, 0.3) is 0 Å². The number of nitrogens with zero attached hydrogens (tertiary/aromatic N) is 3. The van der Waals surface area contributed by atoms with Gasteiger partial charge in [0, 0.05) is 55.6 Å². The first-order valence-corrected chi connectivity index (χ1v) is 13.3. The normalized spacial score (nSPS) is 22.8. The van der Waals surface area contributed by atoms with Crippen LogP contribution < -0.4 is 4.87 Å². The number of halogens is 3. The van der Waals surface area contributed by atoms with E-state index in [9.17, 15) is 18.0 Å². The summed E-state index contributed by atoms with van der Waals surface area (Å²) in [4.78, 5) is 23.3. The van der Waals surface area contributed by atoms with Gasteiger partial charge in [-0.2, -0.15) is 13.2 Å². The van der Waals surface area contributed by atoms with E-state index in [-0.39, 0.29) is 10.3 Å². The summed E-state index contributed by atoms with van der Waals surface area (Å²) < 4.78 is 40.8. The number of thiazole rings is 1. The molecule has 0 amide bonds. The van der Waals surface area contributed by atoms with Gasteiger partial charge in [0.05, 0.1) is 15.8 Å². The predicted molar refractivity (Wildman–Crippen MR) is 135 cm³/mol. The maximum absolute atomic E-state index is 13.3. The maximum Gasteiger partial charge on any atom is 0.417 e. The summed E-state index contributed by atoms with van der Waals surface area (Å²) in [6.45, 7) is 8.37. The van der Waals surface area contributed by atoms with Crippen LogP contribution in [0.2, 0.25) is 0 Å². The minimum absolute atomic E-state index is 0.0382. The van der Waals surface area contributed by atoms with Gasteiger partial charge in [0.15, 0.2) is 0 Å². The Morgan fingerprint density at radius 3 is 2.86 bits per heavy atom. The second-order valence-electron chi connectivity index (χ2n) is 10.7. The number of H-pyrrole nitrogens is 1. The maximum atomic E-state index is 13.3. The first kappa shape index (κ1) is 23.7. The number of hydrogen-bond acceptors (Lipinski definition) is 5. The lowest BCUT2D eigenvalue weighted by Gasteiger charge is -2.41. The van der Waals surface area contributed by atoms with Gasteiger partial charge in [-0.05, 0) is 54.6 Å². The van der Waals surface area contributed by atoms with Crippen LogP contribution in [0.1, 0.15) is 48.1 Å². The van der Waals surface area contributed by atoms with Gasteiger partial charge in [0.2, 0.25) is 0 Å². The van der Waals surface area contributed by atoms with Crippen LogP contribution in [0.4, 0.5) is 13.2 Å². The third-order valence-electron chi connectivity index (χ3n) is 8.06. The van der Waals surface area contributed by atoms with Gasteiger partial charge in [-0.1, -0.05) is 36.8 Å². The summed E-state index contributed by atoms with van der Waals surface area (Å²) in [5.74, 6) is 0.713. The van der Waals surface area contributed by atoms with Crippen molar-refractivity contribution in [2.75, 3.05) is 19.6 Å². The molecule has 1 aliphatic carbocycles. The molecule has 4 heterocycles. The van der Waals surface area contributed by atoms with Gasteiger partial charge < -0.3 is 9.88 Å². The van der Waals surface area contributed by atoms with Crippen LogP contribution >= 0.6 is 11.3 Å². The molecule has 0 radical (unpaired) electrons. The first-order valence-electron chi connectivity index (χ1n) is 12.5. The van der Waals surface area contributed by atoms with Crippen LogP contribution in [0.5, 0.6) is 0 Å². The van der Waals surface area contributed by atoms with Crippen LogP contribution in [0.3, 0.4) is 0 Å². The van der Waals surface area contributed by atoms with Crippen molar-refractivity contribution in [3.63, 3.8) is 0 Å². The zero-order valence-corrected chi connectivity index (χ0v) is 20.9. The predicted octanol–water partition coefficient (Wildman–Crippen LogP) is 5.57. The fourth-order valence-corrected chi connectivity index (χ4v) is 6.71. The molecular formula is C27H29F3N4OS. The summed E-state index contributed by atoms with van der Waals surface area (Å²) in [6, 6.07) is 7.43. The zero-order valence-electron chi connectivity index (χ0n) is 20.0. The van der Waals surface area contributed by atoms with E-state index >= 15 is 0 Å². The number of aromatic nitrogens is 2. The highest BCUT2D eigenvalue weighted by Crippen LogP contribution is 2.50. The van der Waals surface area contributed by atoms with Gasteiger partial charge in [-0.25, -0.2) is 0 Å². The highest BCUT2D eigenvalue weighted by Gasteiger charge is 2.46. The number of alkyl halides is 3. The molecule has 9 heteroatoms. The van der Waals surface area contributed by atoms with Gasteiger partial charge in [0.1, 0.15) is 0 Å². The van der Waals surface area contributed by atoms with E-state index < -0.39 is 11.7 Å². The SMILES string of the molecule is C=C(N1CCc2ncc(C(F)(F)F)cc2C1)C1(CC2CC2)CCN(Cc2ccc3sc(=O)[nH]c3c2)C1. The van der Waals surface area contributed by atoms with Gasteiger partial charge in [-0.3, -0.25) is 14.7 Å². The van der Waals surface area contributed by atoms with Crippen LogP contribution in [0.25, 0.3) is 10.2 Å². The summed E-state index contributed by atoms with van der Waals surface area (Å²) in [7, 11) is 0. The monoisotopic (exact) mass is 514 g/mol. The lowest BCUT2D eigenvalue weighted by Crippen LogP contribution is -2.40. The van der Waals surface area contributed by atoms with E-state index in [0.29, 0.717) is 24.4 Å². The molecule has 190 valence electrons. The minimum atomic E-state index is -4.39. The second-order valence-corrected chi connectivity index (χ2v) is 11.7. The smallest absolute Gasteiger partial charge is 0.370 e. The van der Waals surface area contributed by atoms with E-state index in [1.807, 2.05) is 6.07 Å². The molecule has 1 unspecified atom stereocenters. The minimum Gasteiger partial charge on any atom is -0.370 e. The Kier molecular flexibility index (Phi) is 5.75. The molecule has 0 bridgehead atoms. The topological polar surface area (TPSA) is 52.2 Å². The molecule has 5 nitrogen and oxygen atoms in total. The van der Waals surface area contributed by atoms with Crippen molar-refractivity contribution in [2.45, 2.75) is 51.4 Å². The van der Waals surface area contributed by atoms with Crippen LogP contribution in [-0.2, 0) is 25.7 Å². The molecule has 2 aliphatic heterocycles. The Hall–Kier alpha value is -2.65. The number of rotatable bonds is 6. The Bertz CT molecular complexity index is 1380. The van der Waals surface area contributed by atoms with Gasteiger partial charge >= 0.3 is 11.0 Å². The van der Waals surface area contributed by atoms with Crippen molar-refractivity contribution in [2.24, 2.45) is 11.3 Å². The molecule has 1 aromatic carbocycles. The molecule has 36 heavy (non-hydrogen) atoms. The zero-order chi connectivity index (χ0) is 25.1. The number of pyridine rings is 1. The van der Waals surface area contributed by atoms with Crippen molar-refractivity contribution in [3.05, 3.63) is 74.8 Å². The molecule has 2 fully saturated rings. The molecule has 3 aromatic rings. The second kappa shape index (κ2) is 8.73. The lowest BCUT2D eigenvalue weighted by molar-refractivity contribution is -0.137. The van der Waals surface area contributed by atoms with Crippen LogP contribution in [-0.4, -0.2) is 39.4 Å². The summed E-state index contributed by atoms with van der Waals surface area (Å²) >= 11 is 1.23. The van der Waals surface area contributed by atoms with Crippen molar-refractivity contribution in [1.82, 2.24) is 19.8 Å². The van der Waals surface area contributed by atoms with Gasteiger partial charge in [-0.15, -0.1) is 0 Å². The Balaban J connectivity index is 1.20. The Labute approximate surface area is 211 Å². The van der Waals surface area contributed by atoms with E-state index in [2.05, 4.69) is 38.5 Å². The fraction of sp³-hybridized carbons (Fsp3) is 0.481. The highest BCUT2D eigenvalue weighted by atomic mass is 32.1. The van der Waals surface area contributed by atoms with Crippen molar-refractivity contribution in [3.8, 4) is 0 Å². The Morgan fingerprint density at radius 2 is 2.08 bits per heavy atom. The summed E-state index contributed by atoms with van der Waals surface area (Å²) in [5.41, 5.74) is 3.80. The van der Waals surface area contributed by atoms with Crippen molar-refractivity contribution < 1.29 is 13.2 Å². The molecule has 1 N–H and O–H groups in total. The third-order valence-corrected chi connectivity index (χ3v) is 8.92. The van der Waals surface area contributed by atoms with E-state index in [1.54, 1.807) is 0 Å². The van der Waals surface area contributed by atoms with E-state index in [4.69, 9.17) is 0 Å². The number of likely N-dealkylation sites (tertiary alicyclic amines) is 1. The van der Waals surface area contributed by atoms with Crippen molar-refractivity contribution >= 4 is 21.6 Å². The first-order chi connectivity index (χ1) is 17.2. The molecule has 0 spiro atoms. The molecular weight excluding hydrogens is 485 g/mol. The molecule has 6 rings (SSSR count). The van der Waals surface area contributed by atoms with E-state index in [1.165, 1.54) is 35.8 Å². The molecule has 1 saturated carbocycles. The number of benzene rings is 1. The largest absolute Gasteiger partial charge is 0.417 e. The average Bonchev–Trinajstić information content (AvgIpc) is 3.43. The van der Waals surface area contributed by atoms with Crippen LogP contribution in [0.15, 0.2) is 47.5 Å². The lowest BCUT2D eigenvalue weighted by atomic mass is 9.77. The molecule has 1 saturated heterocycles. The standard InChI is InChI=1S/C27H29F3N4OS/c1-17(34-8-6-22-20(15-34)11-21(13-31-22)27(28,29)30)26(12-18-2-3-18)7-9-33(16-26)14-19-4-5-24-23(10-19)32-25(35)36-24/h4-5,10-11,13,18H,1-3,6-9,12,14-16H2,(H,32,35). The number of nitrogens with one attached hydrogen (secondary N) is 1. The highest BCUT2D eigenvalue weighted by molar-refractivity contribution is 7.16. The third kappa shape index (κ3) is 4.59. The summed E-state index contributed by atoms with van der Waals surface area (Å²) in [6.07, 6.45) is 1.79. The quantitative estimate of drug-likeness (QED) is 0.468. The molecule has 3 aliphatic rings. The molecule has 1 atom stereocenters. The van der Waals surface area contributed by atoms with Crippen LogP contribution in [0, 0.1) is 11.3 Å². The number of fused-ring (bicyclic) bond motifs is 2. The number of hydrogen-bond donors (Lipinski definition) is 1. The number of aromatic amines is 1. The van der Waals surface area contributed by atoms with Crippen molar-refractivity contribution in [1.29, 1.82) is 0 Å². The van der Waals surface area contributed by atoms with E-state index in [0.717, 1.165) is 66.8 Å². The fourth-order valence-electron chi connectivity index (χ4n) is 5.99. The Morgan fingerprint density at radius 1 is 1.25 bits per heavy atom.